The molecule has 2 aromatic rings. The van der Waals surface area contributed by atoms with Crippen molar-refractivity contribution in [2.75, 3.05) is 37.7 Å². The number of carbonyl (C=O) groups is 1. The molecule has 0 saturated carbocycles. The Morgan fingerprint density at radius 2 is 1.74 bits per heavy atom. The van der Waals surface area contributed by atoms with Crippen molar-refractivity contribution in [3.05, 3.63) is 52.7 Å². The van der Waals surface area contributed by atoms with E-state index in [0.717, 1.165) is 18.3 Å². The Hall–Kier alpha value is -2.69. The SMILES string of the molecule is O=C(c1cnc(OCC(F)(F)F)c(Cl)c1)N1CCN(c2cccc(C(F)(F)F)c2)CC1. The van der Waals surface area contributed by atoms with Gasteiger partial charge in [0, 0.05) is 38.1 Å². The Labute approximate surface area is 178 Å². The zero-order valence-corrected chi connectivity index (χ0v) is 16.6. The molecule has 168 valence electrons. The molecule has 0 bridgehead atoms. The number of alkyl halides is 6. The summed E-state index contributed by atoms with van der Waals surface area (Å²) in [6.07, 6.45) is -7.94. The molecule has 0 atom stereocenters. The number of hydrogen-bond acceptors (Lipinski definition) is 4. The molecule has 31 heavy (non-hydrogen) atoms. The maximum absolute atomic E-state index is 12.9. The maximum atomic E-state index is 12.9. The van der Waals surface area contributed by atoms with Gasteiger partial charge in [-0.25, -0.2) is 4.98 Å². The predicted molar refractivity (Wildman–Crippen MR) is 100 cm³/mol. The van der Waals surface area contributed by atoms with Crippen molar-refractivity contribution in [2.45, 2.75) is 12.4 Å². The van der Waals surface area contributed by atoms with Crippen LogP contribution in [0.2, 0.25) is 5.02 Å². The van der Waals surface area contributed by atoms with Gasteiger partial charge in [-0.15, -0.1) is 0 Å². The van der Waals surface area contributed by atoms with E-state index in [4.69, 9.17) is 11.6 Å². The number of rotatable bonds is 4. The fourth-order valence-corrected chi connectivity index (χ4v) is 3.25. The molecule has 1 amide bonds. The minimum atomic E-state index is -4.56. The van der Waals surface area contributed by atoms with Gasteiger partial charge in [0.1, 0.15) is 5.02 Å². The Morgan fingerprint density at radius 3 is 2.32 bits per heavy atom. The van der Waals surface area contributed by atoms with E-state index in [1.807, 2.05) is 0 Å². The first kappa shape index (κ1) is 23.0. The molecular formula is C19H16ClF6N3O2. The van der Waals surface area contributed by atoms with Crippen LogP contribution in [0, 0.1) is 0 Å². The molecule has 0 aliphatic carbocycles. The second-order valence-electron chi connectivity index (χ2n) is 6.74. The Kier molecular flexibility index (Phi) is 6.54. The van der Waals surface area contributed by atoms with Crippen LogP contribution in [0.1, 0.15) is 15.9 Å². The van der Waals surface area contributed by atoms with Crippen LogP contribution in [0.25, 0.3) is 0 Å². The van der Waals surface area contributed by atoms with Crippen LogP contribution < -0.4 is 9.64 Å². The molecule has 5 nitrogen and oxygen atoms in total. The molecule has 1 fully saturated rings. The number of piperazine rings is 1. The quantitative estimate of drug-likeness (QED) is 0.614. The van der Waals surface area contributed by atoms with Gasteiger partial charge in [0.2, 0.25) is 5.88 Å². The average Bonchev–Trinajstić information content (AvgIpc) is 2.71. The normalized spacial score (nSPS) is 15.2. The van der Waals surface area contributed by atoms with E-state index in [2.05, 4.69) is 9.72 Å². The first-order valence-corrected chi connectivity index (χ1v) is 9.38. The van der Waals surface area contributed by atoms with Gasteiger partial charge in [-0.1, -0.05) is 17.7 Å². The number of aromatic nitrogens is 1. The summed E-state index contributed by atoms with van der Waals surface area (Å²) >= 11 is 5.87. The number of hydrogen-bond donors (Lipinski definition) is 0. The van der Waals surface area contributed by atoms with Gasteiger partial charge in [0.25, 0.3) is 5.91 Å². The summed E-state index contributed by atoms with van der Waals surface area (Å²) in [5, 5.41) is -0.238. The monoisotopic (exact) mass is 467 g/mol. The maximum Gasteiger partial charge on any atom is 0.422 e. The number of carbonyl (C=O) groups excluding carboxylic acids is 1. The van der Waals surface area contributed by atoms with E-state index in [1.54, 1.807) is 11.0 Å². The molecule has 0 unspecified atom stereocenters. The zero-order valence-electron chi connectivity index (χ0n) is 15.8. The molecule has 0 spiro atoms. The van der Waals surface area contributed by atoms with Crippen molar-refractivity contribution in [2.24, 2.45) is 0 Å². The molecule has 0 radical (unpaired) electrons. The van der Waals surface area contributed by atoms with E-state index >= 15 is 0 Å². The first-order chi connectivity index (χ1) is 14.4. The number of anilines is 1. The molecule has 1 aromatic carbocycles. The summed E-state index contributed by atoms with van der Waals surface area (Å²) < 4.78 is 79.9. The third-order valence-electron chi connectivity index (χ3n) is 4.53. The highest BCUT2D eigenvalue weighted by Crippen LogP contribution is 2.32. The smallest absolute Gasteiger partial charge is 0.422 e. The van der Waals surface area contributed by atoms with Crippen LogP contribution in [0.15, 0.2) is 36.5 Å². The summed E-state index contributed by atoms with van der Waals surface area (Å²) in [5.74, 6) is -0.884. The van der Waals surface area contributed by atoms with Gasteiger partial charge in [-0.2, -0.15) is 26.3 Å². The molecule has 3 rings (SSSR count). The molecule has 1 saturated heterocycles. The Morgan fingerprint density at radius 1 is 1.06 bits per heavy atom. The summed E-state index contributed by atoms with van der Waals surface area (Å²) in [4.78, 5) is 19.5. The minimum absolute atomic E-state index is 0.0666. The van der Waals surface area contributed by atoms with Crippen molar-refractivity contribution < 1.29 is 35.9 Å². The van der Waals surface area contributed by atoms with Crippen LogP contribution in [0.3, 0.4) is 0 Å². The van der Waals surface area contributed by atoms with E-state index in [1.165, 1.54) is 17.0 Å². The van der Waals surface area contributed by atoms with Crippen molar-refractivity contribution in [3.63, 3.8) is 0 Å². The number of halogens is 7. The highest BCUT2D eigenvalue weighted by molar-refractivity contribution is 6.32. The fourth-order valence-electron chi connectivity index (χ4n) is 3.03. The van der Waals surface area contributed by atoms with Gasteiger partial charge in [-0.3, -0.25) is 4.79 Å². The van der Waals surface area contributed by atoms with Crippen LogP contribution in [-0.4, -0.2) is 54.8 Å². The van der Waals surface area contributed by atoms with Crippen molar-refractivity contribution in [3.8, 4) is 5.88 Å². The van der Waals surface area contributed by atoms with Crippen molar-refractivity contribution >= 4 is 23.2 Å². The molecule has 2 heterocycles. The van der Waals surface area contributed by atoms with Crippen LogP contribution >= 0.6 is 11.6 Å². The standard InChI is InChI=1S/C19H16ClF6N3O2/c20-15-8-12(10-27-16(15)31-11-18(21,22)23)17(30)29-6-4-28(5-7-29)14-3-1-2-13(9-14)19(24,25)26/h1-3,8-10H,4-7,11H2. The largest absolute Gasteiger partial charge is 0.467 e. The van der Waals surface area contributed by atoms with Gasteiger partial charge in [-0.05, 0) is 24.3 Å². The topological polar surface area (TPSA) is 45.7 Å². The summed E-state index contributed by atoms with van der Waals surface area (Å²) in [5.41, 5.74) is -0.285. The molecule has 12 heteroatoms. The highest BCUT2D eigenvalue weighted by atomic mass is 35.5. The first-order valence-electron chi connectivity index (χ1n) is 9.00. The van der Waals surface area contributed by atoms with Crippen LogP contribution in [0.5, 0.6) is 5.88 Å². The molecular weight excluding hydrogens is 452 g/mol. The molecule has 1 aliphatic heterocycles. The third kappa shape index (κ3) is 5.93. The summed E-state index contributed by atoms with van der Waals surface area (Å²) in [7, 11) is 0. The van der Waals surface area contributed by atoms with Gasteiger partial charge in [0.05, 0.1) is 11.1 Å². The lowest BCUT2D eigenvalue weighted by Gasteiger charge is -2.36. The number of ether oxygens (including phenoxy) is 1. The third-order valence-corrected chi connectivity index (χ3v) is 4.80. The second-order valence-corrected chi connectivity index (χ2v) is 7.15. The van der Waals surface area contributed by atoms with Crippen LogP contribution in [-0.2, 0) is 6.18 Å². The van der Waals surface area contributed by atoms with E-state index in [-0.39, 0.29) is 23.7 Å². The average molecular weight is 468 g/mol. The van der Waals surface area contributed by atoms with Crippen molar-refractivity contribution in [1.29, 1.82) is 0 Å². The summed E-state index contributed by atoms with van der Waals surface area (Å²) in [6.45, 7) is -0.482. The van der Waals surface area contributed by atoms with Gasteiger partial charge in [0.15, 0.2) is 6.61 Å². The number of benzene rings is 1. The summed E-state index contributed by atoms with van der Waals surface area (Å²) in [6, 6.07) is 6.10. The molecule has 1 aliphatic rings. The highest BCUT2D eigenvalue weighted by Gasteiger charge is 2.32. The molecule has 1 aromatic heterocycles. The number of pyridine rings is 1. The number of amides is 1. The Balaban J connectivity index is 1.62. The lowest BCUT2D eigenvalue weighted by Crippen LogP contribution is -2.48. The van der Waals surface area contributed by atoms with Crippen molar-refractivity contribution in [1.82, 2.24) is 9.88 Å². The zero-order chi connectivity index (χ0) is 22.8. The van der Waals surface area contributed by atoms with E-state index in [9.17, 15) is 31.1 Å². The lowest BCUT2D eigenvalue weighted by atomic mass is 10.1. The predicted octanol–water partition coefficient (Wildman–Crippen LogP) is 4.66. The number of nitrogens with zero attached hydrogens (tertiary/aromatic N) is 3. The van der Waals surface area contributed by atoms with E-state index in [0.29, 0.717) is 18.8 Å². The molecule has 0 N–H and O–H groups in total. The minimum Gasteiger partial charge on any atom is -0.467 e. The van der Waals surface area contributed by atoms with E-state index < -0.39 is 36.3 Å². The fraction of sp³-hybridized carbons (Fsp3) is 0.368. The van der Waals surface area contributed by atoms with Crippen LogP contribution in [0.4, 0.5) is 32.0 Å². The Bertz CT molecular complexity index is 943. The second kappa shape index (κ2) is 8.81. The lowest BCUT2D eigenvalue weighted by molar-refractivity contribution is -0.154. The van der Waals surface area contributed by atoms with Gasteiger partial charge >= 0.3 is 12.4 Å². The van der Waals surface area contributed by atoms with Gasteiger partial charge < -0.3 is 14.5 Å².